The van der Waals surface area contributed by atoms with Gasteiger partial charge in [0.2, 0.25) is 23.6 Å². The Kier molecular flexibility index (Phi) is 6.32. The van der Waals surface area contributed by atoms with Gasteiger partial charge in [0.05, 0.1) is 11.9 Å². The van der Waals surface area contributed by atoms with Crippen LogP contribution in [0, 0.1) is 0 Å². The third kappa shape index (κ3) is 4.55. The number of nitrogens with zero attached hydrogens (tertiary/aromatic N) is 8. The molecule has 2 aliphatic heterocycles. The molecule has 2 fully saturated rings. The molecule has 5 heterocycles. The van der Waals surface area contributed by atoms with Crippen molar-refractivity contribution in [2.75, 3.05) is 49.9 Å². The highest BCUT2D eigenvalue weighted by atomic mass is 16.3. The van der Waals surface area contributed by atoms with Crippen LogP contribution in [0.3, 0.4) is 0 Å². The van der Waals surface area contributed by atoms with E-state index in [9.17, 15) is 9.90 Å². The number of carbonyl (C=O) groups is 1. The third-order valence-corrected chi connectivity index (χ3v) is 7.28. The van der Waals surface area contributed by atoms with E-state index in [1.165, 1.54) is 4.52 Å². The summed E-state index contributed by atoms with van der Waals surface area (Å²) in [7, 11) is 0. The van der Waals surface area contributed by atoms with Crippen LogP contribution in [-0.4, -0.2) is 96.3 Å². The Morgan fingerprint density at radius 3 is 2.63 bits per heavy atom. The molecule has 1 unspecified atom stereocenters. The van der Waals surface area contributed by atoms with Crippen LogP contribution < -0.4 is 10.6 Å². The van der Waals surface area contributed by atoms with E-state index in [1.807, 2.05) is 23.6 Å². The summed E-state index contributed by atoms with van der Waals surface area (Å²) in [6.07, 6.45) is 4.61. The maximum absolute atomic E-state index is 13.5. The number of β-amino-alcohol motifs (C(OH)–C–C–N with tert-alkyl or cyclic N) is 1. The zero-order chi connectivity index (χ0) is 24.6. The lowest BCUT2D eigenvalue weighted by atomic mass is 9.96. The van der Waals surface area contributed by atoms with Gasteiger partial charge < -0.3 is 25.1 Å². The maximum atomic E-state index is 13.5. The van der Waals surface area contributed by atoms with Crippen molar-refractivity contribution in [1.29, 1.82) is 0 Å². The topological polar surface area (TPSA) is 142 Å². The lowest BCUT2D eigenvalue weighted by molar-refractivity contribution is -0.134. The number of hydrogen-bond donors (Lipinski definition) is 2. The minimum atomic E-state index is -0.664. The van der Waals surface area contributed by atoms with Crippen molar-refractivity contribution in [2.45, 2.75) is 51.2 Å². The van der Waals surface area contributed by atoms with Crippen LogP contribution in [0.25, 0.3) is 17.4 Å². The molecule has 35 heavy (non-hydrogen) atoms. The smallest absolute Gasteiger partial charge is 0.259 e. The molecule has 0 aromatic carbocycles. The van der Waals surface area contributed by atoms with Crippen molar-refractivity contribution in [3.05, 3.63) is 18.4 Å². The molecule has 5 rings (SSSR count). The number of fused-ring (bicyclic) bond motifs is 1. The van der Waals surface area contributed by atoms with Crippen LogP contribution in [-0.2, 0) is 4.79 Å². The van der Waals surface area contributed by atoms with Crippen LogP contribution in [0.4, 0.5) is 11.9 Å². The molecule has 2 saturated heterocycles. The van der Waals surface area contributed by atoms with Crippen molar-refractivity contribution in [1.82, 2.24) is 34.4 Å². The van der Waals surface area contributed by atoms with Gasteiger partial charge in [0.15, 0.2) is 5.76 Å². The molecule has 12 nitrogen and oxygen atoms in total. The third-order valence-electron chi connectivity index (χ3n) is 7.28. The molecule has 188 valence electrons. The van der Waals surface area contributed by atoms with Gasteiger partial charge in [-0.2, -0.15) is 19.5 Å². The zero-order valence-corrected chi connectivity index (χ0v) is 20.3. The van der Waals surface area contributed by atoms with Crippen LogP contribution in [0.15, 0.2) is 22.8 Å². The van der Waals surface area contributed by atoms with Gasteiger partial charge in [0, 0.05) is 39.3 Å². The molecule has 12 heteroatoms. The first-order valence-electron chi connectivity index (χ1n) is 12.3. The van der Waals surface area contributed by atoms with E-state index in [2.05, 4.69) is 25.0 Å². The van der Waals surface area contributed by atoms with Gasteiger partial charge in [0.1, 0.15) is 6.04 Å². The Bertz CT molecular complexity index is 1170. The lowest BCUT2D eigenvalue weighted by Gasteiger charge is -2.40. The van der Waals surface area contributed by atoms with Gasteiger partial charge in [-0.1, -0.05) is 13.8 Å². The first kappa shape index (κ1) is 23.5. The number of carbonyl (C=O) groups excluding carboxylic acids is 1. The van der Waals surface area contributed by atoms with Crippen molar-refractivity contribution in [3.8, 4) is 11.6 Å². The quantitative estimate of drug-likeness (QED) is 0.500. The van der Waals surface area contributed by atoms with Crippen LogP contribution in [0.1, 0.15) is 39.5 Å². The largest absolute Gasteiger partial charge is 0.461 e. The fourth-order valence-electron chi connectivity index (χ4n) is 4.92. The summed E-state index contributed by atoms with van der Waals surface area (Å²) in [6.45, 7) is 8.14. The molecule has 2 aliphatic rings. The number of nitrogens with two attached hydrogens (primary N) is 1. The normalized spacial score (nSPS) is 19.7. The minimum Gasteiger partial charge on any atom is -0.461 e. The van der Waals surface area contributed by atoms with Gasteiger partial charge in [-0.15, -0.1) is 5.10 Å². The van der Waals surface area contributed by atoms with Gasteiger partial charge >= 0.3 is 0 Å². The highest BCUT2D eigenvalue weighted by Crippen LogP contribution is 2.26. The first-order chi connectivity index (χ1) is 16.9. The average molecular weight is 484 g/mol. The predicted molar refractivity (Wildman–Crippen MR) is 130 cm³/mol. The van der Waals surface area contributed by atoms with Gasteiger partial charge in [-0.25, -0.2) is 0 Å². The molecule has 0 bridgehead atoms. The van der Waals surface area contributed by atoms with E-state index >= 15 is 0 Å². The van der Waals surface area contributed by atoms with E-state index in [1.54, 1.807) is 18.4 Å². The molecule has 0 spiro atoms. The summed E-state index contributed by atoms with van der Waals surface area (Å²) in [6, 6.07) is 3.19. The Labute approximate surface area is 203 Å². The number of anilines is 2. The summed E-state index contributed by atoms with van der Waals surface area (Å²) >= 11 is 0. The van der Waals surface area contributed by atoms with E-state index in [0.717, 1.165) is 38.8 Å². The number of rotatable bonds is 7. The highest BCUT2D eigenvalue weighted by Gasteiger charge is 2.37. The standard InChI is InChI=1S/C23H33N9O3/c1-3-23(34,4-2)15-29-10-12-30(13-11-29)19(33)16-7-5-9-31(16)21-26-20(24)32-22(27-21)25-18(28-32)17-8-6-14-35-17/h6,8,14,16,34H,3-5,7,9-13,15H2,1-2H3,(H2,24,25,26,27,28). The molecule has 1 amide bonds. The monoisotopic (exact) mass is 483 g/mol. The second-order valence-electron chi connectivity index (χ2n) is 9.39. The first-order valence-corrected chi connectivity index (χ1v) is 12.3. The van der Waals surface area contributed by atoms with Crippen molar-refractivity contribution in [2.24, 2.45) is 0 Å². The van der Waals surface area contributed by atoms with Crippen molar-refractivity contribution < 1.29 is 14.3 Å². The minimum absolute atomic E-state index is 0.0863. The predicted octanol–water partition coefficient (Wildman–Crippen LogP) is 1.03. The van der Waals surface area contributed by atoms with Gasteiger partial charge in [0.25, 0.3) is 5.78 Å². The Morgan fingerprint density at radius 1 is 1.17 bits per heavy atom. The molecule has 3 aromatic rings. The number of aromatic nitrogens is 5. The van der Waals surface area contributed by atoms with Crippen LogP contribution >= 0.6 is 0 Å². The molecule has 0 saturated carbocycles. The van der Waals surface area contributed by atoms with E-state index in [0.29, 0.717) is 49.5 Å². The summed E-state index contributed by atoms with van der Waals surface area (Å²) in [4.78, 5) is 33.0. The Hall–Kier alpha value is -3.25. The molecular formula is C23H33N9O3. The molecular weight excluding hydrogens is 450 g/mol. The number of aliphatic hydroxyl groups is 1. The fourth-order valence-corrected chi connectivity index (χ4v) is 4.92. The Balaban J connectivity index is 1.29. The summed E-state index contributed by atoms with van der Waals surface area (Å²) < 4.78 is 6.75. The molecule has 0 radical (unpaired) electrons. The van der Waals surface area contributed by atoms with Gasteiger partial charge in [-0.05, 0) is 37.8 Å². The number of furan rings is 1. The van der Waals surface area contributed by atoms with E-state index in [-0.39, 0.29) is 17.9 Å². The van der Waals surface area contributed by atoms with E-state index < -0.39 is 5.60 Å². The summed E-state index contributed by atoms with van der Waals surface area (Å²) in [5.74, 6) is 1.83. The van der Waals surface area contributed by atoms with Crippen molar-refractivity contribution in [3.63, 3.8) is 0 Å². The number of nitrogen functional groups attached to an aromatic ring is 1. The maximum Gasteiger partial charge on any atom is 0.259 e. The number of piperazine rings is 1. The van der Waals surface area contributed by atoms with Crippen LogP contribution in [0.2, 0.25) is 0 Å². The zero-order valence-electron chi connectivity index (χ0n) is 20.3. The second-order valence-corrected chi connectivity index (χ2v) is 9.39. The molecule has 0 aliphatic carbocycles. The number of amides is 1. The summed E-state index contributed by atoms with van der Waals surface area (Å²) in [5.41, 5.74) is 5.51. The molecule has 3 N–H and O–H groups in total. The molecule has 1 atom stereocenters. The fraction of sp³-hybridized carbons (Fsp3) is 0.609. The average Bonchev–Trinajstić information content (AvgIpc) is 3.64. The van der Waals surface area contributed by atoms with Crippen molar-refractivity contribution >= 4 is 23.6 Å². The SMILES string of the molecule is CCC(O)(CC)CN1CCN(C(=O)C2CCCN2c2nc(N)n3nc(-c4ccco4)nc3n2)CC1. The highest BCUT2D eigenvalue weighted by molar-refractivity contribution is 5.85. The second kappa shape index (κ2) is 9.42. The van der Waals surface area contributed by atoms with Gasteiger partial charge in [-0.3, -0.25) is 9.69 Å². The van der Waals surface area contributed by atoms with E-state index in [4.69, 9.17) is 10.2 Å². The van der Waals surface area contributed by atoms with Crippen LogP contribution in [0.5, 0.6) is 0 Å². The number of hydrogen-bond acceptors (Lipinski definition) is 10. The molecule has 3 aromatic heterocycles. The lowest BCUT2D eigenvalue weighted by Crippen LogP contribution is -2.56. The summed E-state index contributed by atoms with van der Waals surface area (Å²) in [5, 5.41) is 15.0. The Morgan fingerprint density at radius 2 is 1.94 bits per heavy atom.